The number of alkyl halides is 8. The number of ether oxygens (including phenoxy) is 1. The summed E-state index contributed by atoms with van der Waals surface area (Å²) in [6.45, 7) is -1.57. The van der Waals surface area contributed by atoms with Gasteiger partial charge in [-0.2, -0.15) is 13.2 Å². The summed E-state index contributed by atoms with van der Waals surface area (Å²) in [6.07, 6.45) is -10.4. The molecule has 1 saturated carbocycles. The lowest BCUT2D eigenvalue weighted by Crippen LogP contribution is -2.62. The average molecular weight is 303 g/mol. The number of rotatable bonds is 3. The largest absolute Gasteiger partial charge is 0.428 e. The second-order valence-electron chi connectivity index (χ2n) is 4.03. The van der Waals surface area contributed by atoms with Crippen molar-refractivity contribution in [1.29, 1.82) is 0 Å². The fourth-order valence-electron chi connectivity index (χ4n) is 1.77. The third kappa shape index (κ3) is 2.68. The molecule has 18 heavy (non-hydrogen) atoms. The van der Waals surface area contributed by atoms with E-state index < -0.39 is 55.4 Å². The molecule has 9 heteroatoms. The van der Waals surface area contributed by atoms with E-state index >= 15 is 0 Å². The van der Waals surface area contributed by atoms with Gasteiger partial charge in [0, 0.05) is 12.8 Å². The summed E-state index contributed by atoms with van der Waals surface area (Å²) in [5.74, 6) is -4.66. The number of halogens is 8. The molecule has 1 aliphatic carbocycles. The Morgan fingerprint density at radius 2 is 1.72 bits per heavy atom. The van der Waals surface area contributed by atoms with Crippen molar-refractivity contribution in [1.82, 2.24) is 0 Å². The van der Waals surface area contributed by atoms with Crippen molar-refractivity contribution < 1.29 is 35.5 Å². The van der Waals surface area contributed by atoms with Crippen LogP contribution in [-0.4, -0.2) is 42.5 Å². The van der Waals surface area contributed by atoms with Crippen LogP contribution in [0.25, 0.3) is 0 Å². The highest BCUT2D eigenvalue weighted by Gasteiger charge is 2.74. The van der Waals surface area contributed by atoms with Crippen LogP contribution in [0.5, 0.6) is 0 Å². The summed E-state index contributed by atoms with van der Waals surface area (Å²) >= 11 is 5.42. The zero-order valence-electron chi connectivity index (χ0n) is 8.92. The first-order valence-electron chi connectivity index (χ1n) is 5.00. The molecule has 0 bridgehead atoms. The van der Waals surface area contributed by atoms with Crippen LogP contribution in [0.1, 0.15) is 12.8 Å². The highest BCUT2D eigenvalue weighted by Crippen LogP contribution is 2.54. The van der Waals surface area contributed by atoms with Gasteiger partial charge in [-0.25, -0.2) is 17.6 Å². The van der Waals surface area contributed by atoms with E-state index in [-0.39, 0.29) is 0 Å². The molecule has 108 valence electrons. The molecule has 0 aliphatic heterocycles. The average Bonchev–Trinajstić information content (AvgIpc) is 2.20. The van der Waals surface area contributed by atoms with Crippen molar-refractivity contribution in [3.8, 4) is 0 Å². The third-order valence-electron chi connectivity index (χ3n) is 2.78. The number of hydrogen-bond acceptors (Lipinski definition) is 1. The lowest BCUT2D eigenvalue weighted by atomic mass is 9.80. The van der Waals surface area contributed by atoms with Crippen molar-refractivity contribution in [2.24, 2.45) is 0 Å². The highest BCUT2D eigenvalue weighted by atomic mass is 35.5. The SMILES string of the molecule is FCCO[C@H]1CC(F)(F)[C@@](F)(C(F)(F)F)C[C@@H]1Cl. The summed E-state index contributed by atoms with van der Waals surface area (Å²) < 4.78 is 93.5. The van der Waals surface area contributed by atoms with E-state index in [1.54, 1.807) is 0 Å². The van der Waals surface area contributed by atoms with Crippen LogP contribution in [-0.2, 0) is 4.74 Å². The Morgan fingerprint density at radius 1 is 1.17 bits per heavy atom. The van der Waals surface area contributed by atoms with Crippen LogP contribution in [0, 0.1) is 0 Å². The zero-order valence-corrected chi connectivity index (χ0v) is 9.67. The maximum atomic E-state index is 13.5. The molecule has 1 rings (SSSR count). The first-order valence-corrected chi connectivity index (χ1v) is 5.44. The molecular formula is C9H10ClF7O. The van der Waals surface area contributed by atoms with Crippen LogP contribution in [0.15, 0.2) is 0 Å². The van der Waals surface area contributed by atoms with Gasteiger partial charge in [0.1, 0.15) is 6.67 Å². The molecule has 0 radical (unpaired) electrons. The highest BCUT2D eigenvalue weighted by molar-refractivity contribution is 6.21. The van der Waals surface area contributed by atoms with Crippen LogP contribution < -0.4 is 0 Å². The minimum atomic E-state index is -5.73. The third-order valence-corrected chi connectivity index (χ3v) is 3.21. The Hall–Kier alpha value is -0.240. The van der Waals surface area contributed by atoms with E-state index in [1.165, 1.54) is 0 Å². The molecule has 1 nitrogen and oxygen atoms in total. The van der Waals surface area contributed by atoms with E-state index in [9.17, 15) is 30.7 Å². The molecule has 0 spiro atoms. The molecule has 3 atom stereocenters. The van der Waals surface area contributed by atoms with Gasteiger partial charge in [0.2, 0.25) is 0 Å². The Kier molecular flexibility index (Phi) is 4.42. The van der Waals surface area contributed by atoms with Gasteiger partial charge in [-0.1, -0.05) is 0 Å². The summed E-state index contributed by atoms with van der Waals surface area (Å²) in [6, 6.07) is 0. The predicted molar refractivity (Wildman–Crippen MR) is 49.4 cm³/mol. The minimum Gasteiger partial charge on any atom is -0.374 e. The molecule has 0 aromatic rings. The van der Waals surface area contributed by atoms with E-state index in [0.29, 0.717) is 0 Å². The lowest BCUT2D eigenvalue weighted by Gasteiger charge is -2.43. The van der Waals surface area contributed by atoms with E-state index in [1.807, 2.05) is 0 Å². The lowest BCUT2D eigenvalue weighted by molar-refractivity contribution is -0.321. The molecule has 0 saturated heterocycles. The molecule has 1 fully saturated rings. The fraction of sp³-hybridized carbons (Fsp3) is 1.00. The molecule has 0 aromatic carbocycles. The summed E-state index contributed by atoms with van der Waals surface area (Å²) in [5, 5.41) is -1.59. The van der Waals surface area contributed by atoms with Gasteiger partial charge in [0.15, 0.2) is 0 Å². The quantitative estimate of drug-likeness (QED) is 0.571. The van der Waals surface area contributed by atoms with Gasteiger partial charge < -0.3 is 4.74 Å². The van der Waals surface area contributed by atoms with Gasteiger partial charge in [-0.15, -0.1) is 11.6 Å². The van der Waals surface area contributed by atoms with Crippen LogP contribution in [0.2, 0.25) is 0 Å². The van der Waals surface area contributed by atoms with Crippen molar-refractivity contribution in [2.45, 2.75) is 42.1 Å². The van der Waals surface area contributed by atoms with Crippen LogP contribution in [0.4, 0.5) is 30.7 Å². The molecular weight excluding hydrogens is 293 g/mol. The summed E-state index contributed by atoms with van der Waals surface area (Å²) in [5.41, 5.74) is -4.68. The molecule has 0 unspecified atom stereocenters. The minimum absolute atomic E-state index is 0.574. The van der Waals surface area contributed by atoms with Crippen molar-refractivity contribution in [3.05, 3.63) is 0 Å². The normalized spacial score (nSPS) is 36.7. The molecule has 0 N–H and O–H groups in total. The second-order valence-corrected chi connectivity index (χ2v) is 4.59. The zero-order chi connectivity index (χ0) is 14.2. The standard InChI is InChI=1S/C9H10ClF7O/c10-5-3-7(12,9(15,16)17)8(13,14)4-6(5)18-2-1-11/h5-6H,1-4H2/t5-,6-,7+/m0/s1. The molecule has 0 heterocycles. The summed E-state index contributed by atoms with van der Waals surface area (Å²) in [4.78, 5) is 0. The molecule has 1 aliphatic rings. The van der Waals surface area contributed by atoms with Gasteiger partial charge in [0.25, 0.3) is 11.6 Å². The first kappa shape index (κ1) is 15.8. The Morgan fingerprint density at radius 3 is 2.17 bits per heavy atom. The maximum Gasteiger partial charge on any atom is 0.428 e. The molecule has 0 aromatic heterocycles. The monoisotopic (exact) mass is 302 g/mol. The van der Waals surface area contributed by atoms with Crippen molar-refractivity contribution in [2.75, 3.05) is 13.3 Å². The van der Waals surface area contributed by atoms with Gasteiger partial charge in [-0.3, -0.25) is 0 Å². The number of hydrogen-bond donors (Lipinski definition) is 0. The smallest absolute Gasteiger partial charge is 0.374 e. The fourth-order valence-corrected chi connectivity index (χ4v) is 2.15. The summed E-state index contributed by atoms with van der Waals surface area (Å²) in [7, 11) is 0. The van der Waals surface area contributed by atoms with Crippen molar-refractivity contribution in [3.63, 3.8) is 0 Å². The van der Waals surface area contributed by atoms with Crippen LogP contribution in [0.3, 0.4) is 0 Å². The van der Waals surface area contributed by atoms with Crippen molar-refractivity contribution >= 4 is 11.6 Å². The van der Waals surface area contributed by atoms with E-state index in [0.717, 1.165) is 0 Å². The van der Waals surface area contributed by atoms with Gasteiger partial charge in [0.05, 0.1) is 18.1 Å². The molecule has 0 amide bonds. The predicted octanol–water partition coefficient (Wildman–Crippen LogP) is 3.65. The second kappa shape index (κ2) is 5.03. The van der Waals surface area contributed by atoms with E-state index in [4.69, 9.17) is 11.6 Å². The maximum absolute atomic E-state index is 13.5. The van der Waals surface area contributed by atoms with E-state index in [2.05, 4.69) is 4.74 Å². The Bertz CT molecular complexity index is 295. The Balaban J connectivity index is 2.90. The first-order chi connectivity index (χ1) is 8.05. The van der Waals surface area contributed by atoms with Gasteiger partial charge >= 0.3 is 6.18 Å². The topological polar surface area (TPSA) is 9.23 Å². The van der Waals surface area contributed by atoms with Gasteiger partial charge in [-0.05, 0) is 0 Å². The Labute approximate surface area is 103 Å². The van der Waals surface area contributed by atoms with Crippen LogP contribution >= 0.6 is 11.6 Å².